The first kappa shape index (κ1) is 37.5. The van der Waals surface area contributed by atoms with Crippen LogP contribution in [0.2, 0.25) is 0 Å². The zero-order valence-electron chi connectivity index (χ0n) is 29.6. The Morgan fingerprint density at radius 3 is 1.15 bits per heavy atom. The maximum atomic E-state index is 12.6. The molecule has 0 radical (unpaired) electrons. The number of nitrogens with zero attached hydrogens (tertiary/aromatic N) is 2. The van der Waals surface area contributed by atoms with E-state index in [1.165, 1.54) is 28.4 Å². The van der Waals surface area contributed by atoms with E-state index in [2.05, 4.69) is 62.5 Å². The van der Waals surface area contributed by atoms with E-state index < -0.39 is 0 Å². The third-order valence-corrected chi connectivity index (χ3v) is 9.16. The molecule has 2 aromatic carbocycles. The minimum absolute atomic E-state index is 0.0748. The molecule has 2 aromatic heterocycles. The van der Waals surface area contributed by atoms with Gasteiger partial charge in [0.05, 0.1) is 39.8 Å². The standard InChI is InChI=1S/2C18H24N2O4/c2*1-6-18(3,7-2)14-11-15(24-20-14)19-17(21)16-12(22-4)9-8-10-13(16)23-5/h2*8-11H,6-7H2,1-5H3,(H,19,21). The highest BCUT2D eigenvalue weighted by Crippen LogP contribution is 2.34. The first-order valence-electron chi connectivity index (χ1n) is 16.0. The number of rotatable bonds is 14. The lowest BCUT2D eigenvalue weighted by Gasteiger charge is -2.22. The molecule has 48 heavy (non-hydrogen) atoms. The van der Waals surface area contributed by atoms with Gasteiger partial charge in [-0.2, -0.15) is 0 Å². The van der Waals surface area contributed by atoms with Crippen LogP contribution in [-0.4, -0.2) is 50.6 Å². The normalized spacial score (nSPS) is 11.2. The summed E-state index contributed by atoms with van der Waals surface area (Å²) in [5.41, 5.74) is 2.14. The number of anilines is 2. The molecule has 0 spiro atoms. The van der Waals surface area contributed by atoms with Crippen LogP contribution >= 0.6 is 0 Å². The molecule has 0 saturated heterocycles. The number of hydrogen-bond acceptors (Lipinski definition) is 10. The average molecular weight is 665 g/mol. The molecule has 4 rings (SSSR count). The van der Waals surface area contributed by atoms with Gasteiger partial charge in [0, 0.05) is 23.0 Å². The van der Waals surface area contributed by atoms with Gasteiger partial charge < -0.3 is 28.0 Å². The molecule has 260 valence electrons. The van der Waals surface area contributed by atoms with E-state index >= 15 is 0 Å². The van der Waals surface area contributed by atoms with Crippen molar-refractivity contribution in [3.8, 4) is 23.0 Å². The first-order valence-corrected chi connectivity index (χ1v) is 16.0. The lowest BCUT2D eigenvalue weighted by atomic mass is 9.81. The van der Waals surface area contributed by atoms with Crippen molar-refractivity contribution in [1.29, 1.82) is 0 Å². The van der Waals surface area contributed by atoms with Crippen LogP contribution in [0.4, 0.5) is 11.8 Å². The van der Waals surface area contributed by atoms with Gasteiger partial charge in [-0.15, -0.1) is 0 Å². The lowest BCUT2D eigenvalue weighted by Crippen LogP contribution is -2.19. The van der Waals surface area contributed by atoms with E-state index in [-0.39, 0.29) is 22.6 Å². The summed E-state index contributed by atoms with van der Waals surface area (Å²) in [4.78, 5) is 25.2. The molecule has 2 heterocycles. The molecule has 0 atom stereocenters. The molecule has 0 aliphatic heterocycles. The minimum Gasteiger partial charge on any atom is -0.496 e. The van der Waals surface area contributed by atoms with Crippen LogP contribution in [0.3, 0.4) is 0 Å². The lowest BCUT2D eigenvalue weighted by molar-refractivity contribution is 0.100. The van der Waals surface area contributed by atoms with E-state index in [1.807, 2.05) is 0 Å². The summed E-state index contributed by atoms with van der Waals surface area (Å²) in [7, 11) is 6.02. The van der Waals surface area contributed by atoms with Crippen molar-refractivity contribution in [3.05, 3.63) is 71.0 Å². The molecule has 0 unspecified atom stereocenters. The van der Waals surface area contributed by atoms with Gasteiger partial charge >= 0.3 is 0 Å². The van der Waals surface area contributed by atoms with Gasteiger partial charge in [-0.25, -0.2) is 0 Å². The Kier molecular flexibility index (Phi) is 13.0. The maximum absolute atomic E-state index is 12.6. The molecule has 2 amide bonds. The van der Waals surface area contributed by atoms with Crippen LogP contribution in [0.1, 0.15) is 99.3 Å². The molecule has 12 nitrogen and oxygen atoms in total. The highest BCUT2D eigenvalue weighted by Gasteiger charge is 2.29. The van der Waals surface area contributed by atoms with Crippen molar-refractivity contribution in [3.63, 3.8) is 0 Å². The zero-order valence-corrected chi connectivity index (χ0v) is 29.6. The number of nitrogens with one attached hydrogen (secondary N) is 2. The molecule has 0 aliphatic carbocycles. The van der Waals surface area contributed by atoms with Crippen LogP contribution in [-0.2, 0) is 10.8 Å². The number of aromatic nitrogens is 2. The van der Waals surface area contributed by atoms with E-state index in [9.17, 15) is 9.59 Å². The molecule has 0 bridgehead atoms. The smallest absolute Gasteiger partial charge is 0.265 e. The summed E-state index contributed by atoms with van der Waals surface area (Å²) in [6, 6.07) is 13.9. The van der Waals surface area contributed by atoms with Crippen LogP contribution in [0.25, 0.3) is 0 Å². The third kappa shape index (κ3) is 8.28. The van der Waals surface area contributed by atoms with E-state index in [4.69, 9.17) is 28.0 Å². The van der Waals surface area contributed by atoms with Gasteiger partial charge in [0.25, 0.3) is 11.8 Å². The predicted molar refractivity (Wildman–Crippen MR) is 184 cm³/mol. The van der Waals surface area contributed by atoms with Crippen LogP contribution in [0.5, 0.6) is 23.0 Å². The molecule has 0 fully saturated rings. The van der Waals surface area contributed by atoms with Crippen LogP contribution in [0, 0.1) is 0 Å². The van der Waals surface area contributed by atoms with Crippen molar-refractivity contribution in [2.45, 2.75) is 78.1 Å². The number of hydrogen-bond donors (Lipinski definition) is 2. The highest BCUT2D eigenvalue weighted by molar-refractivity contribution is 6.08. The quantitative estimate of drug-likeness (QED) is 0.136. The SMILES string of the molecule is CCC(C)(CC)c1cc(NC(=O)c2c(OC)cccc2OC)on1.CCC(C)(CC)c1cc(NC(=O)c2c(OC)cccc2OC)on1. The second-order valence-corrected chi connectivity index (χ2v) is 11.7. The van der Waals surface area contributed by atoms with Gasteiger partial charge in [0.1, 0.15) is 34.1 Å². The number of methoxy groups -OCH3 is 4. The van der Waals surface area contributed by atoms with Gasteiger partial charge in [-0.05, 0) is 49.9 Å². The maximum Gasteiger partial charge on any atom is 0.265 e. The minimum atomic E-state index is -0.373. The second-order valence-electron chi connectivity index (χ2n) is 11.7. The summed E-state index contributed by atoms with van der Waals surface area (Å²) < 4.78 is 31.6. The fraction of sp³-hybridized carbons (Fsp3) is 0.444. The number of carbonyl (C=O) groups is 2. The largest absolute Gasteiger partial charge is 0.496 e. The summed E-state index contributed by atoms with van der Waals surface area (Å²) >= 11 is 0. The first-order chi connectivity index (χ1) is 23.0. The molecule has 4 aromatic rings. The van der Waals surface area contributed by atoms with Gasteiger partial charge in [-0.3, -0.25) is 20.2 Å². The molecular formula is C36H48N4O8. The Labute approximate surface area is 282 Å². The van der Waals surface area contributed by atoms with Gasteiger partial charge in [0.15, 0.2) is 0 Å². The third-order valence-electron chi connectivity index (χ3n) is 9.16. The Bertz CT molecular complexity index is 1490. The van der Waals surface area contributed by atoms with Crippen molar-refractivity contribution < 1.29 is 37.6 Å². The molecular weight excluding hydrogens is 616 g/mol. The van der Waals surface area contributed by atoms with Gasteiger partial charge in [-0.1, -0.05) is 64.0 Å². The van der Waals surface area contributed by atoms with E-state index in [1.54, 1.807) is 48.5 Å². The van der Waals surface area contributed by atoms with Crippen molar-refractivity contribution in [1.82, 2.24) is 10.3 Å². The predicted octanol–water partition coefficient (Wildman–Crippen LogP) is 8.04. The van der Waals surface area contributed by atoms with Crippen LogP contribution in [0.15, 0.2) is 57.6 Å². The molecule has 0 aliphatic rings. The topological polar surface area (TPSA) is 147 Å². The fourth-order valence-corrected chi connectivity index (χ4v) is 4.96. The fourth-order valence-electron chi connectivity index (χ4n) is 4.96. The highest BCUT2D eigenvalue weighted by atomic mass is 16.5. The Balaban J connectivity index is 0.000000260. The summed E-state index contributed by atoms with van der Waals surface area (Å²) in [5, 5.41) is 13.7. The summed E-state index contributed by atoms with van der Waals surface area (Å²) in [6.45, 7) is 12.7. The average Bonchev–Trinajstić information content (AvgIpc) is 3.80. The number of benzene rings is 2. The van der Waals surface area contributed by atoms with Crippen molar-refractivity contribution >= 4 is 23.6 Å². The van der Waals surface area contributed by atoms with E-state index in [0.717, 1.165) is 37.1 Å². The zero-order chi connectivity index (χ0) is 35.5. The number of amides is 2. The van der Waals surface area contributed by atoms with Crippen LogP contribution < -0.4 is 29.6 Å². The molecule has 0 saturated carbocycles. The van der Waals surface area contributed by atoms with Crippen molar-refractivity contribution in [2.24, 2.45) is 0 Å². The molecule has 2 N–H and O–H groups in total. The summed E-state index contributed by atoms with van der Waals surface area (Å²) in [5.74, 6) is 1.57. The monoisotopic (exact) mass is 664 g/mol. The Morgan fingerprint density at radius 1 is 0.604 bits per heavy atom. The molecule has 12 heteroatoms. The summed E-state index contributed by atoms with van der Waals surface area (Å²) in [6.07, 6.45) is 3.74. The second kappa shape index (κ2) is 16.7. The van der Waals surface area contributed by atoms with Crippen molar-refractivity contribution in [2.75, 3.05) is 39.1 Å². The van der Waals surface area contributed by atoms with Gasteiger partial charge in [0.2, 0.25) is 11.8 Å². The Hall–Kier alpha value is -5.00. The number of carbonyl (C=O) groups excluding carboxylic acids is 2. The van der Waals surface area contributed by atoms with E-state index in [0.29, 0.717) is 45.9 Å². The number of ether oxygens (including phenoxy) is 4. The Morgan fingerprint density at radius 2 is 0.896 bits per heavy atom.